The molecule has 0 heterocycles. The van der Waals surface area contributed by atoms with Gasteiger partial charge in [-0.05, 0) is 71.8 Å². The van der Waals surface area contributed by atoms with Crippen molar-refractivity contribution in [2.75, 3.05) is 27.2 Å². The molecule has 1 amide bonds. The van der Waals surface area contributed by atoms with Crippen molar-refractivity contribution < 1.29 is 9.53 Å². The smallest absolute Gasteiger partial charge is 0.407 e. The van der Waals surface area contributed by atoms with Crippen LogP contribution in [0.15, 0.2) is 24.3 Å². The summed E-state index contributed by atoms with van der Waals surface area (Å²) in [7, 11) is 4.20. The quantitative estimate of drug-likeness (QED) is 0.841. The third-order valence-corrected chi connectivity index (χ3v) is 3.18. The molecule has 0 saturated carbocycles. The number of amides is 1. The van der Waals surface area contributed by atoms with Crippen LogP contribution in [0.1, 0.15) is 38.3 Å². The summed E-state index contributed by atoms with van der Waals surface area (Å²) < 4.78 is 5.20. The van der Waals surface area contributed by atoms with E-state index in [0.29, 0.717) is 6.54 Å². The topological polar surface area (TPSA) is 41.6 Å². The van der Waals surface area contributed by atoms with Crippen LogP contribution in [0, 0.1) is 0 Å². The maximum absolute atomic E-state index is 11.5. The molecule has 0 atom stereocenters. The number of hydrogen-bond donors (Lipinski definition) is 1. The maximum atomic E-state index is 11.5. The Hall–Kier alpha value is -1.55. The second-order valence-corrected chi connectivity index (χ2v) is 6.90. The SMILES string of the molecule is CN(C)CCCc1ccc(CCNC(=O)OC(C)(C)C)cc1. The number of hydrogen-bond acceptors (Lipinski definition) is 3. The van der Waals surface area contributed by atoms with E-state index in [1.54, 1.807) is 0 Å². The molecule has 0 aliphatic rings. The Balaban J connectivity index is 2.28. The lowest BCUT2D eigenvalue weighted by Gasteiger charge is -2.19. The minimum absolute atomic E-state index is 0.354. The van der Waals surface area contributed by atoms with Gasteiger partial charge in [0, 0.05) is 6.54 Å². The van der Waals surface area contributed by atoms with Gasteiger partial charge in [0.15, 0.2) is 0 Å². The highest BCUT2D eigenvalue weighted by Crippen LogP contribution is 2.08. The van der Waals surface area contributed by atoms with Gasteiger partial charge in [-0.25, -0.2) is 4.79 Å². The van der Waals surface area contributed by atoms with Gasteiger partial charge in [0.05, 0.1) is 0 Å². The number of nitrogens with one attached hydrogen (secondary N) is 1. The molecule has 0 bridgehead atoms. The van der Waals surface area contributed by atoms with Crippen molar-refractivity contribution in [3.05, 3.63) is 35.4 Å². The number of carbonyl (C=O) groups excluding carboxylic acids is 1. The Bertz CT molecular complexity index is 447. The molecule has 0 spiro atoms. The van der Waals surface area contributed by atoms with Crippen LogP contribution in [0.3, 0.4) is 0 Å². The first kappa shape index (κ1) is 18.5. The highest BCUT2D eigenvalue weighted by Gasteiger charge is 2.15. The van der Waals surface area contributed by atoms with Crippen molar-refractivity contribution in [3.63, 3.8) is 0 Å². The first-order valence-electron chi connectivity index (χ1n) is 7.96. The van der Waals surface area contributed by atoms with Gasteiger partial charge in [-0.15, -0.1) is 0 Å². The monoisotopic (exact) mass is 306 g/mol. The van der Waals surface area contributed by atoms with Crippen LogP contribution < -0.4 is 5.32 Å². The lowest BCUT2D eigenvalue weighted by molar-refractivity contribution is 0.0528. The van der Waals surface area contributed by atoms with Crippen LogP contribution in [-0.2, 0) is 17.6 Å². The number of ether oxygens (including phenoxy) is 1. The Morgan fingerprint density at radius 1 is 1.09 bits per heavy atom. The van der Waals surface area contributed by atoms with Crippen LogP contribution in [0.2, 0.25) is 0 Å². The molecule has 0 aromatic heterocycles. The number of aryl methyl sites for hydroxylation is 1. The van der Waals surface area contributed by atoms with Crippen molar-refractivity contribution in [2.45, 2.75) is 45.6 Å². The molecule has 1 aromatic carbocycles. The van der Waals surface area contributed by atoms with Crippen LogP contribution in [-0.4, -0.2) is 43.8 Å². The normalized spacial score (nSPS) is 11.5. The number of nitrogens with zero attached hydrogens (tertiary/aromatic N) is 1. The van der Waals surface area contributed by atoms with Gasteiger partial charge in [0.2, 0.25) is 0 Å². The Morgan fingerprint density at radius 2 is 1.64 bits per heavy atom. The van der Waals surface area contributed by atoms with Gasteiger partial charge in [0.1, 0.15) is 5.60 Å². The lowest BCUT2D eigenvalue weighted by Crippen LogP contribution is -2.33. The van der Waals surface area contributed by atoms with Gasteiger partial charge < -0.3 is 15.0 Å². The molecule has 0 unspecified atom stereocenters. The summed E-state index contributed by atoms with van der Waals surface area (Å²) in [4.78, 5) is 13.7. The summed E-state index contributed by atoms with van der Waals surface area (Å²) >= 11 is 0. The minimum atomic E-state index is -0.446. The van der Waals surface area contributed by atoms with E-state index < -0.39 is 5.60 Å². The number of carbonyl (C=O) groups is 1. The van der Waals surface area contributed by atoms with E-state index in [9.17, 15) is 4.79 Å². The highest BCUT2D eigenvalue weighted by atomic mass is 16.6. The fraction of sp³-hybridized carbons (Fsp3) is 0.611. The zero-order valence-corrected chi connectivity index (χ0v) is 14.6. The standard InChI is InChI=1S/C18H30N2O2/c1-18(2,3)22-17(21)19-13-12-16-10-8-15(9-11-16)7-6-14-20(4)5/h8-11H,6-7,12-14H2,1-5H3,(H,19,21). The molecule has 1 rings (SSSR count). The van der Waals surface area contributed by atoms with Gasteiger partial charge in [-0.3, -0.25) is 0 Å². The first-order chi connectivity index (χ1) is 10.3. The van der Waals surface area contributed by atoms with Crippen molar-refractivity contribution in [3.8, 4) is 0 Å². The van der Waals surface area contributed by atoms with Crippen LogP contribution in [0.5, 0.6) is 0 Å². The van der Waals surface area contributed by atoms with Crippen molar-refractivity contribution >= 4 is 6.09 Å². The molecule has 124 valence electrons. The fourth-order valence-electron chi connectivity index (χ4n) is 2.10. The van der Waals surface area contributed by atoms with Crippen molar-refractivity contribution in [1.82, 2.24) is 10.2 Å². The molecule has 4 nitrogen and oxygen atoms in total. The Kier molecular flexibility index (Phi) is 7.39. The molecule has 22 heavy (non-hydrogen) atoms. The number of benzene rings is 1. The second kappa shape index (κ2) is 8.79. The molecule has 0 aliphatic heterocycles. The molecule has 0 saturated heterocycles. The van der Waals surface area contributed by atoms with E-state index in [0.717, 1.165) is 19.4 Å². The predicted molar refractivity (Wildman–Crippen MR) is 91.3 cm³/mol. The molecule has 1 aromatic rings. The third kappa shape index (κ3) is 8.67. The lowest BCUT2D eigenvalue weighted by atomic mass is 10.1. The van der Waals surface area contributed by atoms with Gasteiger partial charge in [-0.1, -0.05) is 24.3 Å². The average Bonchev–Trinajstić information content (AvgIpc) is 2.38. The molecule has 0 fully saturated rings. The summed E-state index contributed by atoms with van der Waals surface area (Å²) in [6.07, 6.45) is 2.74. The van der Waals surface area contributed by atoms with Crippen LogP contribution in [0.4, 0.5) is 4.79 Å². The maximum Gasteiger partial charge on any atom is 0.407 e. The molecule has 0 radical (unpaired) electrons. The molecule has 4 heteroatoms. The van der Waals surface area contributed by atoms with Gasteiger partial charge in [-0.2, -0.15) is 0 Å². The largest absolute Gasteiger partial charge is 0.444 e. The Morgan fingerprint density at radius 3 is 2.14 bits per heavy atom. The number of rotatable bonds is 7. The van der Waals surface area contributed by atoms with Gasteiger partial charge in [0.25, 0.3) is 0 Å². The highest BCUT2D eigenvalue weighted by molar-refractivity contribution is 5.67. The van der Waals surface area contributed by atoms with E-state index in [-0.39, 0.29) is 6.09 Å². The number of alkyl carbamates (subject to hydrolysis) is 1. The Labute approximate surface area is 134 Å². The fourth-order valence-corrected chi connectivity index (χ4v) is 2.10. The van der Waals surface area contributed by atoms with Crippen molar-refractivity contribution in [2.24, 2.45) is 0 Å². The zero-order valence-electron chi connectivity index (χ0n) is 14.6. The molecule has 1 N–H and O–H groups in total. The summed E-state index contributed by atoms with van der Waals surface area (Å²) in [5, 5.41) is 2.78. The first-order valence-corrected chi connectivity index (χ1v) is 7.96. The molecule has 0 aliphatic carbocycles. The molecular weight excluding hydrogens is 276 g/mol. The van der Waals surface area contributed by atoms with E-state index in [2.05, 4.69) is 48.6 Å². The zero-order chi connectivity index (χ0) is 16.6. The predicted octanol–water partition coefficient (Wildman–Crippen LogP) is 3.25. The minimum Gasteiger partial charge on any atom is -0.444 e. The second-order valence-electron chi connectivity index (χ2n) is 6.90. The van der Waals surface area contributed by atoms with Crippen LogP contribution >= 0.6 is 0 Å². The summed E-state index contributed by atoms with van der Waals surface area (Å²) in [6.45, 7) is 7.29. The van der Waals surface area contributed by atoms with E-state index >= 15 is 0 Å². The average molecular weight is 306 g/mol. The van der Waals surface area contributed by atoms with Gasteiger partial charge >= 0.3 is 6.09 Å². The van der Waals surface area contributed by atoms with E-state index in [4.69, 9.17) is 4.74 Å². The third-order valence-electron chi connectivity index (χ3n) is 3.18. The van der Waals surface area contributed by atoms with E-state index in [1.807, 2.05) is 20.8 Å². The van der Waals surface area contributed by atoms with Crippen LogP contribution in [0.25, 0.3) is 0 Å². The van der Waals surface area contributed by atoms with E-state index in [1.165, 1.54) is 17.5 Å². The molecular formula is C18H30N2O2. The summed E-state index contributed by atoms with van der Waals surface area (Å²) in [6, 6.07) is 8.64. The van der Waals surface area contributed by atoms with Crippen molar-refractivity contribution in [1.29, 1.82) is 0 Å². The summed E-state index contributed by atoms with van der Waals surface area (Å²) in [5.74, 6) is 0. The summed E-state index contributed by atoms with van der Waals surface area (Å²) in [5.41, 5.74) is 2.15.